The van der Waals surface area contributed by atoms with E-state index in [9.17, 15) is 10.1 Å². The topological polar surface area (TPSA) is 53.3 Å². The van der Waals surface area contributed by atoms with Crippen LogP contribution in [0.4, 0.5) is 5.69 Å². The highest BCUT2D eigenvalue weighted by Gasteiger charge is 2.09. The molecule has 0 bridgehead atoms. The molecule has 0 saturated carbocycles. The Labute approximate surface area is 124 Å². The minimum absolute atomic E-state index is 0.187. The number of benzene rings is 2. The first-order valence-corrected chi connectivity index (χ1v) is 6.87. The first-order chi connectivity index (χ1) is 10.2. The minimum atomic E-state index is -0.187. The molecule has 0 atom stereocenters. The summed E-state index contributed by atoms with van der Waals surface area (Å²) in [4.78, 5) is 13.3. The molecule has 0 N–H and O–H groups in total. The van der Waals surface area contributed by atoms with Crippen LogP contribution in [-0.2, 0) is 9.53 Å². The molecular formula is C17H18N2O2. The van der Waals surface area contributed by atoms with Crippen LogP contribution in [-0.4, -0.2) is 26.7 Å². The third-order valence-corrected chi connectivity index (χ3v) is 3.53. The highest BCUT2D eigenvalue weighted by molar-refractivity contribution is 5.97. The Bertz CT molecular complexity index is 689. The molecule has 0 aliphatic carbocycles. The molecule has 0 unspecified atom stereocenters. The third kappa shape index (κ3) is 3.32. The van der Waals surface area contributed by atoms with Gasteiger partial charge in [0.15, 0.2) is 0 Å². The molecule has 0 fully saturated rings. The standard InChI is InChI=1S/C17H18N2O2/c1-19(11-5-8-17(20)21-2)16-10-9-13(12-18)14-6-3-4-7-15(14)16/h3-4,6-7,9-10H,5,8,11H2,1-2H3. The van der Waals surface area contributed by atoms with Gasteiger partial charge >= 0.3 is 5.97 Å². The van der Waals surface area contributed by atoms with Gasteiger partial charge in [0.1, 0.15) is 0 Å². The van der Waals surface area contributed by atoms with Crippen LogP contribution in [0.15, 0.2) is 36.4 Å². The van der Waals surface area contributed by atoms with Crippen LogP contribution in [0, 0.1) is 11.3 Å². The Morgan fingerprint density at radius 1 is 1.24 bits per heavy atom. The van der Waals surface area contributed by atoms with Gasteiger partial charge in [0.25, 0.3) is 0 Å². The van der Waals surface area contributed by atoms with Gasteiger partial charge in [-0.3, -0.25) is 4.79 Å². The second-order valence-electron chi connectivity index (χ2n) is 4.89. The van der Waals surface area contributed by atoms with Crippen LogP contribution < -0.4 is 4.90 Å². The van der Waals surface area contributed by atoms with Gasteiger partial charge in [-0.05, 0) is 18.6 Å². The molecule has 108 valence electrons. The number of methoxy groups -OCH3 is 1. The fraction of sp³-hybridized carbons (Fsp3) is 0.294. The molecule has 0 heterocycles. The van der Waals surface area contributed by atoms with Crippen molar-refractivity contribution in [3.8, 4) is 6.07 Å². The minimum Gasteiger partial charge on any atom is -0.469 e. The molecule has 0 aliphatic heterocycles. The number of rotatable bonds is 5. The molecule has 4 heteroatoms. The normalized spacial score (nSPS) is 10.1. The maximum atomic E-state index is 11.1. The van der Waals surface area contributed by atoms with Crippen LogP contribution in [0.25, 0.3) is 10.8 Å². The number of ether oxygens (including phenoxy) is 1. The fourth-order valence-electron chi connectivity index (χ4n) is 2.40. The van der Waals surface area contributed by atoms with Crippen LogP contribution >= 0.6 is 0 Å². The van der Waals surface area contributed by atoms with Gasteiger partial charge in [0.05, 0.1) is 18.7 Å². The van der Waals surface area contributed by atoms with E-state index in [-0.39, 0.29) is 5.97 Å². The number of carbonyl (C=O) groups is 1. The summed E-state index contributed by atoms with van der Waals surface area (Å²) < 4.78 is 4.64. The predicted octanol–water partition coefficient (Wildman–Crippen LogP) is 3.10. The number of nitrogens with zero attached hydrogens (tertiary/aromatic N) is 2. The van der Waals surface area contributed by atoms with Crippen molar-refractivity contribution in [2.45, 2.75) is 12.8 Å². The number of nitriles is 1. The quantitative estimate of drug-likeness (QED) is 0.791. The van der Waals surface area contributed by atoms with E-state index in [1.54, 1.807) is 0 Å². The summed E-state index contributed by atoms with van der Waals surface area (Å²) >= 11 is 0. The van der Waals surface area contributed by atoms with Crippen molar-refractivity contribution < 1.29 is 9.53 Å². The van der Waals surface area contributed by atoms with E-state index in [0.717, 1.165) is 29.4 Å². The average Bonchev–Trinajstić information content (AvgIpc) is 2.53. The van der Waals surface area contributed by atoms with Crippen molar-refractivity contribution in [3.63, 3.8) is 0 Å². The van der Waals surface area contributed by atoms with Gasteiger partial charge in [-0.15, -0.1) is 0 Å². The van der Waals surface area contributed by atoms with E-state index >= 15 is 0 Å². The highest BCUT2D eigenvalue weighted by Crippen LogP contribution is 2.28. The summed E-state index contributed by atoms with van der Waals surface area (Å²) in [6, 6.07) is 13.9. The lowest BCUT2D eigenvalue weighted by molar-refractivity contribution is -0.140. The summed E-state index contributed by atoms with van der Waals surface area (Å²) in [5.74, 6) is -0.187. The van der Waals surface area contributed by atoms with Crippen LogP contribution in [0.5, 0.6) is 0 Å². The zero-order valence-electron chi connectivity index (χ0n) is 12.3. The summed E-state index contributed by atoms with van der Waals surface area (Å²) in [6.45, 7) is 0.755. The summed E-state index contributed by atoms with van der Waals surface area (Å²) in [5.41, 5.74) is 1.74. The summed E-state index contributed by atoms with van der Waals surface area (Å²) in [6.07, 6.45) is 1.15. The second-order valence-corrected chi connectivity index (χ2v) is 4.89. The van der Waals surface area contributed by atoms with Crippen molar-refractivity contribution in [2.75, 3.05) is 25.6 Å². The first kappa shape index (κ1) is 14.9. The zero-order chi connectivity index (χ0) is 15.2. The van der Waals surface area contributed by atoms with Crippen molar-refractivity contribution in [1.29, 1.82) is 5.26 Å². The first-order valence-electron chi connectivity index (χ1n) is 6.87. The smallest absolute Gasteiger partial charge is 0.305 e. The van der Waals surface area contributed by atoms with E-state index in [1.165, 1.54) is 7.11 Å². The molecule has 0 radical (unpaired) electrons. The monoisotopic (exact) mass is 282 g/mol. The SMILES string of the molecule is COC(=O)CCCN(C)c1ccc(C#N)c2ccccc12. The second kappa shape index (κ2) is 6.76. The van der Waals surface area contributed by atoms with Gasteiger partial charge in [0, 0.05) is 36.5 Å². The average molecular weight is 282 g/mol. The van der Waals surface area contributed by atoms with Crippen LogP contribution in [0.2, 0.25) is 0 Å². The molecule has 0 aromatic heterocycles. The van der Waals surface area contributed by atoms with Gasteiger partial charge in [-0.2, -0.15) is 5.26 Å². The van der Waals surface area contributed by atoms with Crippen molar-refractivity contribution in [1.82, 2.24) is 0 Å². The van der Waals surface area contributed by atoms with Crippen LogP contribution in [0.1, 0.15) is 18.4 Å². The number of fused-ring (bicyclic) bond motifs is 1. The Balaban J connectivity index is 2.22. The van der Waals surface area contributed by atoms with E-state index in [0.29, 0.717) is 12.0 Å². The molecule has 21 heavy (non-hydrogen) atoms. The lowest BCUT2D eigenvalue weighted by Crippen LogP contribution is -2.19. The van der Waals surface area contributed by atoms with Crippen molar-refractivity contribution in [2.24, 2.45) is 0 Å². The van der Waals surface area contributed by atoms with Crippen molar-refractivity contribution in [3.05, 3.63) is 42.0 Å². The fourth-order valence-corrected chi connectivity index (χ4v) is 2.40. The molecule has 0 spiro atoms. The van der Waals surface area contributed by atoms with Gasteiger partial charge in [-0.1, -0.05) is 24.3 Å². The van der Waals surface area contributed by atoms with E-state index < -0.39 is 0 Å². The number of carbonyl (C=O) groups excluding carboxylic acids is 1. The summed E-state index contributed by atoms with van der Waals surface area (Å²) in [5, 5.41) is 11.2. The van der Waals surface area contributed by atoms with E-state index in [2.05, 4.69) is 15.7 Å². The predicted molar refractivity (Wildman–Crippen MR) is 83.2 cm³/mol. The lowest BCUT2D eigenvalue weighted by atomic mass is 10.0. The number of anilines is 1. The van der Waals surface area contributed by atoms with Gasteiger partial charge in [0.2, 0.25) is 0 Å². The number of hydrogen-bond donors (Lipinski definition) is 0. The molecule has 0 amide bonds. The largest absolute Gasteiger partial charge is 0.469 e. The van der Waals surface area contributed by atoms with Crippen LogP contribution in [0.3, 0.4) is 0 Å². The summed E-state index contributed by atoms with van der Waals surface area (Å²) in [7, 11) is 3.39. The van der Waals surface area contributed by atoms with Crippen molar-refractivity contribution >= 4 is 22.4 Å². The highest BCUT2D eigenvalue weighted by atomic mass is 16.5. The molecular weight excluding hydrogens is 264 g/mol. The molecule has 2 aromatic rings. The number of hydrogen-bond acceptors (Lipinski definition) is 4. The molecule has 2 aromatic carbocycles. The van der Waals surface area contributed by atoms with E-state index in [1.807, 2.05) is 43.4 Å². The zero-order valence-corrected chi connectivity index (χ0v) is 12.3. The third-order valence-electron chi connectivity index (χ3n) is 3.53. The molecule has 4 nitrogen and oxygen atoms in total. The molecule has 2 rings (SSSR count). The number of esters is 1. The van der Waals surface area contributed by atoms with E-state index in [4.69, 9.17) is 0 Å². The Kier molecular flexibility index (Phi) is 4.78. The van der Waals surface area contributed by atoms with Gasteiger partial charge < -0.3 is 9.64 Å². The Hall–Kier alpha value is -2.54. The lowest BCUT2D eigenvalue weighted by Gasteiger charge is -2.21. The molecule has 0 aliphatic rings. The Morgan fingerprint density at radius 3 is 2.62 bits per heavy atom. The van der Waals surface area contributed by atoms with Gasteiger partial charge in [-0.25, -0.2) is 0 Å². The maximum Gasteiger partial charge on any atom is 0.305 e. The Morgan fingerprint density at radius 2 is 1.95 bits per heavy atom. The maximum absolute atomic E-state index is 11.1. The molecule has 0 saturated heterocycles.